The summed E-state index contributed by atoms with van der Waals surface area (Å²) in [4.78, 5) is 12.4. The van der Waals surface area contributed by atoms with Gasteiger partial charge in [0.2, 0.25) is 5.91 Å². The Kier molecular flexibility index (Phi) is 5.89. The maximum Gasteiger partial charge on any atom is 0.237 e. The molecule has 0 fully saturated rings. The zero-order valence-corrected chi connectivity index (χ0v) is 15.4. The van der Waals surface area contributed by atoms with Crippen LogP contribution in [-0.4, -0.2) is 11.2 Å². The monoisotopic (exact) mass is 327 g/mol. The molecular weight excluding hydrogens is 302 g/mol. The molecule has 0 aliphatic heterocycles. The van der Waals surface area contributed by atoms with Crippen LogP contribution in [0.25, 0.3) is 0 Å². The van der Waals surface area contributed by atoms with Crippen LogP contribution in [0.1, 0.15) is 34.7 Å². The molecule has 0 radical (unpaired) electrons. The van der Waals surface area contributed by atoms with E-state index in [1.165, 1.54) is 16.7 Å². The molecule has 23 heavy (non-hydrogen) atoms. The van der Waals surface area contributed by atoms with Crippen LogP contribution in [0, 0.1) is 27.7 Å². The van der Waals surface area contributed by atoms with Gasteiger partial charge in [0.15, 0.2) is 0 Å². The van der Waals surface area contributed by atoms with Gasteiger partial charge in [-0.25, -0.2) is 0 Å². The van der Waals surface area contributed by atoms with E-state index in [2.05, 4.69) is 37.4 Å². The highest BCUT2D eigenvalue weighted by atomic mass is 32.2. The van der Waals surface area contributed by atoms with E-state index >= 15 is 0 Å². The van der Waals surface area contributed by atoms with Crippen LogP contribution in [0.15, 0.2) is 36.4 Å². The Morgan fingerprint density at radius 3 is 2.17 bits per heavy atom. The average molecular weight is 327 g/mol. The summed E-state index contributed by atoms with van der Waals surface area (Å²) in [6.07, 6.45) is 0. The number of nitrogens with one attached hydrogen (secondary N) is 1. The largest absolute Gasteiger partial charge is 0.325 e. The summed E-state index contributed by atoms with van der Waals surface area (Å²) in [5, 5.41) is 2.99. The van der Waals surface area contributed by atoms with Crippen LogP contribution >= 0.6 is 11.8 Å². The number of rotatable bonds is 5. The van der Waals surface area contributed by atoms with Crippen LogP contribution in [0.2, 0.25) is 0 Å². The molecule has 0 saturated heterocycles. The predicted molar refractivity (Wildman–Crippen MR) is 101 cm³/mol. The average Bonchev–Trinajstić information content (AvgIpc) is 2.47. The summed E-state index contributed by atoms with van der Waals surface area (Å²) in [7, 11) is 0. The molecule has 0 aliphatic rings. The summed E-state index contributed by atoms with van der Waals surface area (Å²) < 4.78 is 0. The molecule has 0 unspecified atom stereocenters. The van der Waals surface area contributed by atoms with Gasteiger partial charge in [-0.05, 0) is 51.3 Å². The van der Waals surface area contributed by atoms with E-state index in [4.69, 9.17) is 0 Å². The van der Waals surface area contributed by atoms with Gasteiger partial charge in [-0.2, -0.15) is 0 Å². The molecule has 0 bridgehead atoms. The van der Waals surface area contributed by atoms with Crippen molar-refractivity contribution in [2.75, 3.05) is 5.32 Å². The lowest BCUT2D eigenvalue weighted by atomic mass is 10.1. The normalized spacial score (nSPS) is 12.0. The SMILES string of the molecule is Cc1cc(C)cc(CS[C@H](C)C(=O)Nc2c(C)cccc2C)c1. The molecule has 0 aromatic heterocycles. The molecular formula is C20H25NOS. The minimum atomic E-state index is -0.0881. The van der Waals surface area contributed by atoms with Gasteiger partial charge in [0.1, 0.15) is 0 Å². The molecule has 2 nitrogen and oxygen atoms in total. The Hall–Kier alpha value is -1.74. The Labute approximate surface area is 143 Å². The topological polar surface area (TPSA) is 29.1 Å². The molecule has 2 rings (SSSR count). The molecule has 0 spiro atoms. The van der Waals surface area contributed by atoms with Crippen molar-refractivity contribution < 1.29 is 4.79 Å². The van der Waals surface area contributed by atoms with Gasteiger partial charge in [0.25, 0.3) is 0 Å². The molecule has 0 aliphatic carbocycles. The highest BCUT2D eigenvalue weighted by molar-refractivity contribution is 7.99. The number of aryl methyl sites for hydroxylation is 4. The lowest BCUT2D eigenvalue weighted by molar-refractivity contribution is -0.115. The number of hydrogen-bond donors (Lipinski definition) is 1. The van der Waals surface area contributed by atoms with Gasteiger partial charge in [0, 0.05) is 11.4 Å². The summed E-state index contributed by atoms with van der Waals surface area (Å²) in [6, 6.07) is 12.6. The maximum absolute atomic E-state index is 12.4. The summed E-state index contributed by atoms with van der Waals surface area (Å²) in [5.74, 6) is 0.918. The fourth-order valence-corrected chi connectivity index (χ4v) is 3.51. The van der Waals surface area contributed by atoms with E-state index in [0.29, 0.717) is 0 Å². The first kappa shape index (κ1) is 17.6. The Morgan fingerprint density at radius 2 is 1.61 bits per heavy atom. The van der Waals surface area contributed by atoms with Crippen molar-refractivity contribution in [3.8, 4) is 0 Å². The molecule has 1 atom stereocenters. The van der Waals surface area contributed by atoms with Gasteiger partial charge in [0.05, 0.1) is 5.25 Å². The van der Waals surface area contributed by atoms with Gasteiger partial charge in [-0.15, -0.1) is 11.8 Å². The molecule has 0 saturated carbocycles. The summed E-state index contributed by atoms with van der Waals surface area (Å²) >= 11 is 1.67. The van der Waals surface area contributed by atoms with E-state index in [1.807, 2.05) is 39.0 Å². The second kappa shape index (κ2) is 7.69. The first-order valence-electron chi connectivity index (χ1n) is 7.92. The second-order valence-corrected chi connectivity index (χ2v) is 7.53. The van der Waals surface area contributed by atoms with Crippen molar-refractivity contribution in [3.63, 3.8) is 0 Å². The van der Waals surface area contributed by atoms with E-state index in [1.54, 1.807) is 11.8 Å². The first-order chi connectivity index (χ1) is 10.9. The smallest absolute Gasteiger partial charge is 0.237 e. The van der Waals surface area contributed by atoms with Crippen molar-refractivity contribution in [1.29, 1.82) is 0 Å². The number of para-hydroxylation sites is 1. The number of anilines is 1. The van der Waals surface area contributed by atoms with Gasteiger partial charge >= 0.3 is 0 Å². The molecule has 2 aromatic rings. The third-order valence-corrected chi connectivity index (χ3v) is 5.09. The highest BCUT2D eigenvalue weighted by Gasteiger charge is 2.15. The minimum Gasteiger partial charge on any atom is -0.325 e. The van der Waals surface area contributed by atoms with Crippen LogP contribution in [0.5, 0.6) is 0 Å². The molecule has 2 aromatic carbocycles. The van der Waals surface area contributed by atoms with Crippen molar-refractivity contribution in [1.82, 2.24) is 0 Å². The number of amides is 1. The number of thioether (sulfide) groups is 1. The van der Waals surface area contributed by atoms with Crippen LogP contribution in [0.3, 0.4) is 0 Å². The molecule has 1 N–H and O–H groups in total. The Morgan fingerprint density at radius 1 is 1.04 bits per heavy atom. The van der Waals surface area contributed by atoms with E-state index in [9.17, 15) is 4.79 Å². The van der Waals surface area contributed by atoms with Crippen molar-refractivity contribution in [2.45, 2.75) is 45.6 Å². The first-order valence-corrected chi connectivity index (χ1v) is 8.97. The van der Waals surface area contributed by atoms with Crippen LogP contribution in [0.4, 0.5) is 5.69 Å². The highest BCUT2D eigenvalue weighted by Crippen LogP contribution is 2.23. The zero-order valence-electron chi connectivity index (χ0n) is 14.6. The number of benzene rings is 2. The minimum absolute atomic E-state index is 0.0665. The number of carbonyl (C=O) groups excluding carboxylic acids is 1. The standard InChI is InChI=1S/C20H25NOS/c1-13-9-14(2)11-18(10-13)12-23-17(5)20(22)21-19-15(3)7-6-8-16(19)4/h6-11,17H,12H2,1-5H3,(H,21,22)/t17-/m1/s1. The van der Waals surface area contributed by atoms with Gasteiger partial charge in [-0.1, -0.05) is 47.5 Å². The van der Waals surface area contributed by atoms with Crippen LogP contribution < -0.4 is 5.32 Å². The number of carbonyl (C=O) groups is 1. The third-order valence-electron chi connectivity index (χ3n) is 3.88. The lowest BCUT2D eigenvalue weighted by Gasteiger charge is -2.15. The lowest BCUT2D eigenvalue weighted by Crippen LogP contribution is -2.23. The van der Waals surface area contributed by atoms with E-state index < -0.39 is 0 Å². The van der Waals surface area contributed by atoms with Crippen LogP contribution in [-0.2, 0) is 10.5 Å². The zero-order chi connectivity index (χ0) is 17.0. The fraction of sp³-hybridized carbons (Fsp3) is 0.350. The molecule has 122 valence electrons. The van der Waals surface area contributed by atoms with Crippen molar-refractivity contribution in [2.24, 2.45) is 0 Å². The van der Waals surface area contributed by atoms with E-state index in [-0.39, 0.29) is 11.2 Å². The molecule has 0 heterocycles. The molecule has 3 heteroatoms. The van der Waals surface area contributed by atoms with Gasteiger partial charge in [-0.3, -0.25) is 4.79 Å². The maximum atomic E-state index is 12.4. The Bertz CT molecular complexity index is 668. The van der Waals surface area contributed by atoms with Gasteiger partial charge < -0.3 is 5.32 Å². The van der Waals surface area contributed by atoms with Crippen molar-refractivity contribution in [3.05, 3.63) is 64.2 Å². The Balaban J connectivity index is 1.97. The third kappa shape index (κ3) is 4.87. The quantitative estimate of drug-likeness (QED) is 0.819. The molecule has 1 amide bonds. The predicted octanol–water partition coefficient (Wildman–Crippen LogP) is 5.18. The summed E-state index contributed by atoms with van der Waals surface area (Å²) in [6.45, 7) is 10.2. The van der Waals surface area contributed by atoms with Crippen molar-refractivity contribution >= 4 is 23.4 Å². The fourth-order valence-electron chi connectivity index (χ4n) is 2.69. The second-order valence-electron chi connectivity index (χ2n) is 6.21. The number of hydrogen-bond acceptors (Lipinski definition) is 2. The summed E-state index contributed by atoms with van der Waals surface area (Å²) in [5.41, 5.74) is 6.96. The van der Waals surface area contributed by atoms with E-state index in [0.717, 1.165) is 22.6 Å².